The lowest BCUT2D eigenvalue weighted by molar-refractivity contribution is -0.117. The van der Waals surface area contributed by atoms with Crippen molar-refractivity contribution in [2.24, 2.45) is 5.92 Å². The number of nitrogens with zero attached hydrogens (tertiary/aromatic N) is 1. The molecule has 1 N–H and O–H groups in total. The Kier molecular flexibility index (Phi) is 4.24. The Labute approximate surface area is 133 Å². The maximum atomic E-state index is 12.4. The summed E-state index contributed by atoms with van der Waals surface area (Å²) in [5.74, 6) is 0.234. The predicted molar refractivity (Wildman–Crippen MR) is 87.9 cm³/mol. The number of carbonyl (C=O) groups excluding carboxylic acids is 2. The Morgan fingerprint density at radius 2 is 1.95 bits per heavy atom. The van der Waals surface area contributed by atoms with Gasteiger partial charge >= 0.3 is 0 Å². The molecule has 0 spiro atoms. The molecule has 1 aromatic carbocycles. The lowest BCUT2D eigenvalue weighted by atomic mass is 10.1. The first kappa shape index (κ1) is 14.8. The molecule has 2 amide bonds. The van der Waals surface area contributed by atoms with Crippen LogP contribution in [0.5, 0.6) is 0 Å². The highest BCUT2D eigenvalue weighted by Gasteiger charge is 2.29. The lowest BCUT2D eigenvalue weighted by Gasteiger charge is -2.16. The molecule has 1 fully saturated rings. The van der Waals surface area contributed by atoms with Crippen molar-refractivity contribution in [3.8, 4) is 0 Å². The zero-order valence-electron chi connectivity index (χ0n) is 12.4. The van der Waals surface area contributed by atoms with Gasteiger partial charge in [0.25, 0.3) is 5.91 Å². The van der Waals surface area contributed by atoms with Gasteiger partial charge in [-0.1, -0.05) is 0 Å². The van der Waals surface area contributed by atoms with Gasteiger partial charge in [0.1, 0.15) is 0 Å². The molecule has 1 saturated carbocycles. The van der Waals surface area contributed by atoms with Crippen molar-refractivity contribution in [1.82, 2.24) is 4.90 Å². The van der Waals surface area contributed by atoms with E-state index in [0.717, 1.165) is 24.1 Å². The van der Waals surface area contributed by atoms with Crippen molar-refractivity contribution >= 4 is 28.8 Å². The van der Waals surface area contributed by atoms with Crippen LogP contribution in [0.15, 0.2) is 41.1 Å². The summed E-state index contributed by atoms with van der Waals surface area (Å²) in [6.45, 7) is 0.600. The molecule has 5 heteroatoms. The van der Waals surface area contributed by atoms with Crippen LogP contribution in [0.1, 0.15) is 28.8 Å². The Balaban J connectivity index is 1.61. The Morgan fingerprint density at radius 1 is 1.23 bits per heavy atom. The predicted octanol–water partition coefficient (Wildman–Crippen LogP) is 3.37. The Hall–Kier alpha value is -2.14. The first-order valence-corrected chi connectivity index (χ1v) is 8.25. The Morgan fingerprint density at radius 3 is 2.55 bits per heavy atom. The van der Waals surface area contributed by atoms with Crippen LogP contribution in [0.4, 0.5) is 5.69 Å². The zero-order chi connectivity index (χ0) is 15.5. The number of benzene rings is 1. The summed E-state index contributed by atoms with van der Waals surface area (Å²) in [6.07, 6.45) is 1.96. The smallest absolute Gasteiger partial charge is 0.253 e. The van der Waals surface area contributed by atoms with Crippen LogP contribution in [0.2, 0.25) is 0 Å². The maximum absolute atomic E-state index is 12.4. The largest absolute Gasteiger partial charge is 0.337 e. The van der Waals surface area contributed by atoms with Gasteiger partial charge in [0, 0.05) is 30.8 Å². The highest BCUT2D eigenvalue weighted by Crippen LogP contribution is 2.30. The molecule has 3 rings (SSSR count). The summed E-state index contributed by atoms with van der Waals surface area (Å²) in [4.78, 5) is 25.8. The first-order valence-electron chi connectivity index (χ1n) is 7.31. The van der Waals surface area contributed by atoms with Crippen LogP contribution in [-0.4, -0.2) is 23.8 Å². The van der Waals surface area contributed by atoms with E-state index in [1.165, 1.54) is 0 Å². The van der Waals surface area contributed by atoms with E-state index in [-0.39, 0.29) is 17.7 Å². The van der Waals surface area contributed by atoms with E-state index in [1.807, 2.05) is 16.8 Å². The molecule has 1 aromatic heterocycles. The van der Waals surface area contributed by atoms with Crippen LogP contribution in [0, 0.1) is 5.92 Å². The zero-order valence-corrected chi connectivity index (χ0v) is 13.2. The third-order valence-electron chi connectivity index (χ3n) is 3.69. The van der Waals surface area contributed by atoms with Crippen molar-refractivity contribution in [1.29, 1.82) is 0 Å². The van der Waals surface area contributed by atoms with Gasteiger partial charge in [-0.05, 0) is 59.5 Å². The van der Waals surface area contributed by atoms with Crippen LogP contribution in [0.25, 0.3) is 0 Å². The van der Waals surface area contributed by atoms with E-state index in [2.05, 4.69) is 5.32 Å². The quantitative estimate of drug-likeness (QED) is 0.920. The van der Waals surface area contributed by atoms with Crippen molar-refractivity contribution in [3.05, 3.63) is 52.2 Å². The fourth-order valence-electron chi connectivity index (χ4n) is 2.23. The van der Waals surface area contributed by atoms with Gasteiger partial charge in [-0.2, -0.15) is 11.3 Å². The highest BCUT2D eigenvalue weighted by atomic mass is 32.1. The van der Waals surface area contributed by atoms with Crippen LogP contribution >= 0.6 is 11.3 Å². The minimum Gasteiger partial charge on any atom is -0.337 e. The molecule has 1 heterocycles. The first-order chi connectivity index (χ1) is 10.6. The molecule has 0 atom stereocenters. The number of carbonyl (C=O) groups is 2. The van der Waals surface area contributed by atoms with Crippen molar-refractivity contribution in [2.75, 3.05) is 12.4 Å². The third kappa shape index (κ3) is 3.54. The molecule has 0 unspecified atom stereocenters. The molecule has 1 aliphatic carbocycles. The van der Waals surface area contributed by atoms with Crippen molar-refractivity contribution < 1.29 is 9.59 Å². The fraction of sp³-hybridized carbons (Fsp3) is 0.294. The second-order valence-electron chi connectivity index (χ2n) is 5.63. The molecular weight excluding hydrogens is 296 g/mol. The van der Waals surface area contributed by atoms with Gasteiger partial charge in [-0.3, -0.25) is 9.59 Å². The van der Waals surface area contributed by atoms with Crippen LogP contribution in [-0.2, 0) is 11.3 Å². The van der Waals surface area contributed by atoms with E-state index in [9.17, 15) is 9.59 Å². The van der Waals surface area contributed by atoms with Gasteiger partial charge in [-0.25, -0.2) is 0 Å². The number of rotatable bonds is 5. The van der Waals surface area contributed by atoms with Gasteiger partial charge < -0.3 is 10.2 Å². The fourth-order valence-corrected chi connectivity index (χ4v) is 2.89. The summed E-state index contributed by atoms with van der Waals surface area (Å²) >= 11 is 1.63. The average Bonchev–Trinajstić information content (AvgIpc) is 3.26. The summed E-state index contributed by atoms with van der Waals surface area (Å²) in [6, 6.07) is 9.10. The van der Waals surface area contributed by atoms with E-state index in [1.54, 1.807) is 47.5 Å². The van der Waals surface area contributed by atoms with Crippen molar-refractivity contribution in [3.63, 3.8) is 0 Å². The van der Waals surface area contributed by atoms with Crippen LogP contribution in [0.3, 0.4) is 0 Å². The maximum Gasteiger partial charge on any atom is 0.253 e. The minimum absolute atomic E-state index is 0.0220. The van der Waals surface area contributed by atoms with E-state index in [4.69, 9.17) is 0 Å². The molecule has 1 aliphatic rings. The molecule has 22 heavy (non-hydrogen) atoms. The van der Waals surface area contributed by atoms with E-state index in [0.29, 0.717) is 12.1 Å². The Bertz CT molecular complexity index is 660. The second-order valence-corrected chi connectivity index (χ2v) is 6.41. The summed E-state index contributed by atoms with van der Waals surface area (Å²) in [5.41, 5.74) is 2.50. The molecule has 4 nitrogen and oxygen atoms in total. The number of hydrogen-bond acceptors (Lipinski definition) is 3. The summed E-state index contributed by atoms with van der Waals surface area (Å²) in [5, 5.41) is 6.92. The standard InChI is InChI=1S/C17H18N2O2S/c1-19(10-12-8-9-22-11-12)17(21)14-4-6-15(7-5-14)18-16(20)13-2-3-13/h4-9,11,13H,2-3,10H2,1H3,(H,18,20). The molecule has 2 aromatic rings. The van der Waals surface area contributed by atoms with Gasteiger partial charge in [0.2, 0.25) is 5.91 Å². The molecular formula is C17H18N2O2S. The number of amides is 2. The summed E-state index contributed by atoms with van der Waals surface area (Å²) in [7, 11) is 1.79. The number of thiophene rings is 1. The number of hydrogen-bond donors (Lipinski definition) is 1. The van der Waals surface area contributed by atoms with Gasteiger partial charge in [-0.15, -0.1) is 0 Å². The molecule has 0 bridgehead atoms. The van der Waals surface area contributed by atoms with E-state index < -0.39 is 0 Å². The minimum atomic E-state index is -0.0220. The van der Waals surface area contributed by atoms with Gasteiger partial charge in [0.05, 0.1) is 0 Å². The lowest BCUT2D eigenvalue weighted by Crippen LogP contribution is -2.26. The van der Waals surface area contributed by atoms with Crippen molar-refractivity contribution in [2.45, 2.75) is 19.4 Å². The summed E-state index contributed by atoms with van der Waals surface area (Å²) < 4.78 is 0. The highest BCUT2D eigenvalue weighted by molar-refractivity contribution is 7.07. The SMILES string of the molecule is CN(Cc1ccsc1)C(=O)c1ccc(NC(=O)C2CC2)cc1. The van der Waals surface area contributed by atoms with E-state index >= 15 is 0 Å². The molecule has 0 aliphatic heterocycles. The third-order valence-corrected chi connectivity index (χ3v) is 4.43. The van der Waals surface area contributed by atoms with Crippen LogP contribution < -0.4 is 5.32 Å². The number of anilines is 1. The molecule has 0 radical (unpaired) electrons. The molecule has 114 valence electrons. The monoisotopic (exact) mass is 314 g/mol. The number of nitrogens with one attached hydrogen (secondary N) is 1. The topological polar surface area (TPSA) is 49.4 Å². The van der Waals surface area contributed by atoms with Gasteiger partial charge in [0.15, 0.2) is 0 Å². The second kappa shape index (κ2) is 6.32. The molecule has 0 saturated heterocycles. The average molecular weight is 314 g/mol. The normalized spacial score (nSPS) is 13.7.